The van der Waals surface area contributed by atoms with E-state index in [1.54, 1.807) is 30.6 Å². The molecule has 0 aliphatic carbocycles. The average molecular weight is 478 g/mol. The summed E-state index contributed by atoms with van der Waals surface area (Å²) in [4.78, 5) is 4.28. The molecule has 3 aromatic rings. The second-order valence-electron chi connectivity index (χ2n) is 7.97. The molecular weight excluding hydrogens is 450 g/mol. The molecule has 0 saturated carbocycles. The molecule has 1 fully saturated rings. The van der Waals surface area contributed by atoms with Gasteiger partial charge in [0.1, 0.15) is 9.96 Å². The third-order valence-corrected chi connectivity index (χ3v) is 9.35. The molecule has 3 heterocycles. The zero-order valence-corrected chi connectivity index (χ0v) is 20.5. The van der Waals surface area contributed by atoms with Gasteiger partial charge in [0.15, 0.2) is 0 Å². The Balaban J connectivity index is 1.59. The number of methoxy groups -OCH3 is 1. The van der Waals surface area contributed by atoms with Crippen LogP contribution in [0.5, 0.6) is 5.75 Å². The zero-order valence-electron chi connectivity index (χ0n) is 18.0. The van der Waals surface area contributed by atoms with Crippen molar-refractivity contribution in [2.75, 3.05) is 29.8 Å². The van der Waals surface area contributed by atoms with Crippen molar-refractivity contribution in [1.82, 2.24) is 5.32 Å². The largest absolute Gasteiger partial charge is 0.495 e. The van der Waals surface area contributed by atoms with E-state index in [9.17, 15) is 8.42 Å². The molecule has 0 radical (unpaired) electrons. The van der Waals surface area contributed by atoms with Gasteiger partial charge >= 0.3 is 0 Å². The van der Waals surface area contributed by atoms with Crippen molar-refractivity contribution in [3.63, 3.8) is 0 Å². The van der Waals surface area contributed by atoms with Crippen LogP contribution >= 0.6 is 22.7 Å². The smallest absolute Gasteiger partial charge is 0.271 e. The van der Waals surface area contributed by atoms with Crippen LogP contribution in [0.15, 0.2) is 46.0 Å². The van der Waals surface area contributed by atoms with Gasteiger partial charge in [-0.1, -0.05) is 0 Å². The molecule has 1 saturated heterocycles. The molecule has 2 atom stereocenters. The lowest BCUT2D eigenvalue weighted by atomic mass is 10.1. The van der Waals surface area contributed by atoms with Crippen molar-refractivity contribution in [3.8, 4) is 15.5 Å². The number of hydrogen-bond acceptors (Lipinski definition) is 7. The van der Waals surface area contributed by atoms with Gasteiger partial charge in [-0.2, -0.15) is 0 Å². The van der Waals surface area contributed by atoms with E-state index in [-0.39, 0.29) is 0 Å². The van der Waals surface area contributed by atoms with Gasteiger partial charge in [0.25, 0.3) is 10.0 Å². The van der Waals surface area contributed by atoms with Gasteiger partial charge in [-0.25, -0.2) is 8.42 Å². The number of anilines is 2. The van der Waals surface area contributed by atoms with Gasteiger partial charge in [-0.05, 0) is 68.1 Å². The van der Waals surface area contributed by atoms with Crippen LogP contribution in [0, 0.1) is 6.92 Å². The molecule has 0 unspecified atom stereocenters. The second-order valence-corrected chi connectivity index (χ2v) is 11.9. The van der Waals surface area contributed by atoms with Crippen LogP contribution < -0.4 is 19.7 Å². The summed E-state index contributed by atoms with van der Waals surface area (Å²) in [7, 11) is -2.04. The summed E-state index contributed by atoms with van der Waals surface area (Å²) in [5.41, 5.74) is 2.60. The quantitative estimate of drug-likeness (QED) is 0.535. The SMILES string of the molecule is COc1ccc(NS(=O)(=O)c2ccc(-c3cc(C)cs3)s2)cc1N1C[C@@H](C)N[C@@H](C)C1. The molecule has 9 heteroatoms. The first kappa shape index (κ1) is 22.1. The first-order valence-electron chi connectivity index (χ1n) is 10.1. The van der Waals surface area contributed by atoms with Crippen molar-refractivity contribution in [2.24, 2.45) is 0 Å². The number of thiophene rings is 2. The molecule has 2 N–H and O–H groups in total. The molecule has 166 valence electrons. The summed E-state index contributed by atoms with van der Waals surface area (Å²) in [5, 5.41) is 5.58. The maximum absolute atomic E-state index is 13.0. The summed E-state index contributed by atoms with van der Waals surface area (Å²) < 4.78 is 34.7. The number of piperazine rings is 1. The monoisotopic (exact) mass is 477 g/mol. The van der Waals surface area contributed by atoms with Gasteiger partial charge in [-0.15, -0.1) is 22.7 Å². The van der Waals surface area contributed by atoms with E-state index in [0.29, 0.717) is 22.0 Å². The first-order chi connectivity index (χ1) is 14.7. The minimum absolute atomic E-state index is 0.301. The third-order valence-electron chi connectivity index (χ3n) is 5.15. The van der Waals surface area contributed by atoms with Gasteiger partial charge in [0, 0.05) is 34.9 Å². The van der Waals surface area contributed by atoms with E-state index in [1.165, 1.54) is 16.9 Å². The number of nitrogens with zero attached hydrogens (tertiary/aromatic N) is 1. The Morgan fingerprint density at radius 2 is 1.84 bits per heavy atom. The normalized spacial score (nSPS) is 19.4. The van der Waals surface area contributed by atoms with Crippen LogP contribution in [0.4, 0.5) is 11.4 Å². The van der Waals surface area contributed by atoms with Gasteiger partial charge in [-0.3, -0.25) is 4.72 Å². The van der Waals surface area contributed by atoms with Crippen LogP contribution in [-0.4, -0.2) is 40.7 Å². The number of rotatable bonds is 6. The maximum atomic E-state index is 13.0. The lowest BCUT2D eigenvalue weighted by Crippen LogP contribution is -2.54. The second kappa shape index (κ2) is 8.82. The first-order valence-corrected chi connectivity index (χ1v) is 13.3. The fraction of sp³-hybridized carbons (Fsp3) is 0.364. The molecule has 0 spiro atoms. The summed E-state index contributed by atoms with van der Waals surface area (Å²) >= 11 is 2.91. The molecule has 0 amide bonds. The molecule has 1 aliphatic heterocycles. The van der Waals surface area contributed by atoms with Gasteiger partial charge < -0.3 is 15.0 Å². The molecule has 0 bridgehead atoms. The van der Waals surface area contributed by atoms with E-state index < -0.39 is 10.0 Å². The van der Waals surface area contributed by atoms with Crippen LogP contribution in [0.3, 0.4) is 0 Å². The Bertz CT molecular complexity index is 1160. The minimum Gasteiger partial charge on any atom is -0.495 e. The van der Waals surface area contributed by atoms with Gasteiger partial charge in [0.2, 0.25) is 0 Å². The Hall–Kier alpha value is -2.07. The highest BCUT2D eigenvalue weighted by molar-refractivity contribution is 7.94. The summed E-state index contributed by atoms with van der Waals surface area (Å²) in [6.45, 7) is 7.97. The van der Waals surface area contributed by atoms with E-state index in [0.717, 1.165) is 34.3 Å². The third kappa shape index (κ3) is 4.90. The minimum atomic E-state index is -3.68. The summed E-state index contributed by atoms with van der Waals surface area (Å²) in [6, 6.07) is 11.7. The predicted octanol–water partition coefficient (Wildman–Crippen LogP) is 4.78. The standard InChI is InChI=1S/C22H27N3O3S3/c1-14-9-21(29-13-14)20-7-8-22(30-20)31(26,27)24-17-5-6-19(28-4)18(10-17)25-11-15(2)23-16(3)12-25/h5-10,13,15-16,23-24H,11-12H2,1-4H3/t15-,16+. The number of hydrogen-bond donors (Lipinski definition) is 2. The van der Waals surface area contributed by atoms with Crippen molar-refractivity contribution >= 4 is 44.1 Å². The number of ether oxygens (including phenoxy) is 1. The van der Waals surface area contributed by atoms with Crippen molar-refractivity contribution in [2.45, 2.75) is 37.1 Å². The van der Waals surface area contributed by atoms with Crippen molar-refractivity contribution in [1.29, 1.82) is 0 Å². The summed E-state index contributed by atoms with van der Waals surface area (Å²) in [5.74, 6) is 0.732. The van der Waals surface area contributed by atoms with Crippen LogP contribution in [0.1, 0.15) is 19.4 Å². The predicted molar refractivity (Wildman–Crippen MR) is 130 cm³/mol. The Labute approximate surface area is 191 Å². The maximum Gasteiger partial charge on any atom is 0.271 e. The van der Waals surface area contributed by atoms with Crippen molar-refractivity contribution in [3.05, 3.63) is 47.3 Å². The van der Waals surface area contributed by atoms with E-state index >= 15 is 0 Å². The molecule has 2 aromatic heterocycles. The van der Waals surface area contributed by atoms with Crippen LogP contribution in [0.2, 0.25) is 0 Å². The topological polar surface area (TPSA) is 70.7 Å². The summed E-state index contributed by atoms with van der Waals surface area (Å²) in [6.07, 6.45) is 0. The van der Waals surface area contributed by atoms with Gasteiger partial charge in [0.05, 0.1) is 18.5 Å². The van der Waals surface area contributed by atoms with E-state index in [2.05, 4.69) is 40.2 Å². The lowest BCUT2D eigenvalue weighted by Gasteiger charge is -2.38. The number of sulfonamides is 1. The lowest BCUT2D eigenvalue weighted by molar-refractivity contribution is 0.391. The zero-order chi connectivity index (χ0) is 22.2. The van der Waals surface area contributed by atoms with E-state index in [4.69, 9.17) is 4.74 Å². The molecule has 4 rings (SSSR count). The Morgan fingerprint density at radius 1 is 1.10 bits per heavy atom. The number of benzene rings is 1. The number of nitrogens with one attached hydrogen (secondary N) is 2. The van der Waals surface area contributed by atoms with Crippen LogP contribution in [-0.2, 0) is 10.0 Å². The molecule has 6 nitrogen and oxygen atoms in total. The molecule has 1 aliphatic rings. The molecular formula is C22H27N3O3S3. The fourth-order valence-corrected chi connectivity index (χ4v) is 7.24. The Kier molecular flexibility index (Phi) is 6.30. The Morgan fingerprint density at radius 3 is 2.48 bits per heavy atom. The number of aryl methyl sites for hydroxylation is 1. The highest BCUT2D eigenvalue weighted by Crippen LogP contribution is 2.37. The molecule has 31 heavy (non-hydrogen) atoms. The average Bonchev–Trinajstić information content (AvgIpc) is 3.36. The van der Waals surface area contributed by atoms with E-state index in [1.807, 2.05) is 25.1 Å². The van der Waals surface area contributed by atoms with Crippen LogP contribution in [0.25, 0.3) is 9.75 Å². The highest BCUT2D eigenvalue weighted by atomic mass is 32.2. The highest BCUT2D eigenvalue weighted by Gasteiger charge is 2.25. The molecule has 1 aromatic carbocycles. The van der Waals surface area contributed by atoms with Crippen molar-refractivity contribution < 1.29 is 13.2 Å². The fourth-order valence-electron chi connectivity index (χ4n) is 3.89.